The maximum atomic E-state index is 12.4. The van der Waals surface area contributed by atoms with Crippen LogP contribution in [0.15, 0.2) is 4.99 Å². The predicted octanol–water partition coefficient (Wildman–Crippen LogP) is 2.84. The van der Waals surface area contributed by atoms with Crippen LogP contribution in [0, 0.1) is 11.8 Å². The summed E-state index contributed by atoms with van der Waals surface area (Å²) in [5.41, 5.74) is -0.377. The molecule has 20 heavy (non-hydrogen) atoms. The molecule has 1 spiro atoms. The Kier molecular flexibility index (Phi) is 5.06. The number of nitrogens with one attached hydrogen (secondary N) is 2. The molecular formula is C16H29N3O. The molecule has 1 heterocycles. The molecule has 2 fully saturated rings. The van der Waals surface area contributed by atoms with Crippen molar-refractivity contribution in [2.24, 2.45) is 16.8 Å². The number of carbonyl (C=O) groups is 1. The van der Waals surface area contributed by atoms with Crippen molar-refractivity contribution in [1.29, 1.82) is 0 Å². The van der Waals surface area contributed by atoms with E-state index in [0.717, 1.165) is 38.1 Å². The van der Waals surface area contributed by atoms with Crippen molar-refractivity contribution in [2.75, 3.05) is 6.54 Å². The summed E-state index contributed by atoms with van der Waals surface area (Å²) in [5, 5.41) is 6.35. The molecule has 1 saturated carbocycles. The lowest BCUT2D eigenvalue weighted by Crippen LogP contribution is -2.46. The van der Waals surface area contributed by atoms with Gasteiger partial charge in [-0.05, 0) is 31.1 Å². The van der Waals surface area contributed by atoms with Gasteiger partial charge in [-0.3, -0.25) is 15.1 Å². The number of rotatable bonds is 4. The van der Waals surface area contributed by atoms with Gasteiger partial charge in [0.25, 0.3) is 5.91 Å². The quantitative estimate of drug-likeness (QED) is 0.831. The first kappa shape index (κ1) is 15.3. The van der Waals surface area contributed by atoms with Gasteiger partial charge in [0.1, 0.15) is 5.54 Å². The SMILES string of the molecule is CCCC1CCCC2(CC1)NC(=NCC(C)C)NC2=O. The fraction of sp³-hybridized carbons (Fsp3) is 0.875. The van der Waals surface area contributed by atoms with E-state index in [1.54, 1.807) is 0 Å². The van der Waals surface area contributed by atoms with Crippen LogP contribution in [-0.4, -0.2) is 24.0 Å². The Hall–Kier alpha value is -1.06. The Morgan fingerprint density at radius 3 is 2.85 bits per heavy atom. The number of guanidine groups is 1. The first-order chi connectivity index (χ1) is 9.55. The Morgan fingerprint density at radius 2 is 2.15 bits per heavy atom. The van der Waals surface area contributed by atoms with Gasteiger partial charge in [0.2, 0.25) is 0 Å². The molecule has 1 amide bonds. The molecule has 1 aliphatic carbocycles. The Morgan fingerprint density at radius 1 is 1.35 bits per heavy atom. The Bertz CT molecular complexity index is 378. The Balaban J connectivity index is 2.00. The third-order valence-electron chi connectivity index (χ3n) is 4.53. The molecule has 114 valence electrons. The number of nitrogens with zero attached hydrogens (tertiary/aromatic N) is 1. The highest BCUT2D eigenvalue weighted by molar-refractivity contribution is 6.09. The number of aliphatic imine (C=N–C) groups is 1. The van der Waals surface area contributed by atoms with E-state index >= 15 is 0 Å². The van der Waals surface area contributed by atoms with Gasteiger partial charge < -0.3 is 5.32 Å². The lowest BCUT2D eigenvalue weighted by molar-refractivity contribution is -0.124. The fourth-order valence-electron chi connectivity index (χ4n) is 3.36. The van der Waals surface area contributed by atoms with Crippen LogP contribution in [0.2, 0.25) is 0 Å². The highest BCUT2D eigenvalue weighted by atomic mass is 16.2. The van der Waals surface area contributed by atoms with Crippen LogP contribution >= 0.6 is 0 Å². The summed E-state index contributed by atoms with van der Waals surface area (Å²) in [6.45, 7) is 7.28. The van der Waals surface area contributed by atoms with E-state index in [9.17, 15) is 4.79 Å². The van der Waals surface area contributed by atoms with Crippen molar-refractivity contribution < 1.29 is 4.79 Å². The van der Waals surface area contributed by atoms with Crippen LogP contribution < -0.4 is 10.6 Å². The van der Waals surface area contributed by atoms with Gasteiger partial charge in [-0.25, -0.2) is 0 Å². The largest absolute Gasteiger partial charge is 0.342 e. The second-order valence-electron chi connectivity index (χ2n) is 6.83. The second kappa shape index (κ2) is 6.59. The van der Waals surface area contributed by atoms with Crippen molar-refractivity contribution in [3.63, 3.8) is 0 Å². The topological polar surface area (TPSA) is 53.5 Å². The van der Waals surface area contributed by atoms with Crippen molar-refractivity contribution >= 4 is 11.9 Å². The minimum absolute atomic E-state index is 0.136. The maximum Gasteiger partial charge on any atom is 0.252 e. The third-order valence-corrected chi connectivity index (χ3v) is 4.53. The zero-order valence-electron chi connectivity index (χ0n) is 13.2. The van der Waals surface area contributed by atoms with Gasteiger partial charge in [-0.1, -0.05) is 46.5 Å². The number of hydrogen-bond acceptors (Lipinski definition) is 2. The van der Waals surface area contributed by atoms with E-state index in [-0.39, 0.29) is 11.4 Å². The van der Waals surface area contributed by atoms with Crippen molar-refractivity contribution in [1.82, 2.24) is 10.6 Å². The molecule has 2 unspecified atom stereocenters. The van der Waals surface area contributed by atoms with E-state index in [1.807, 2.05) is 0 Å². The summed E-state index contributed by atoms with van der Waals surface area (Å²) < 4.78 is 0. The monoisotopic (exact) mass is 279 g/mol. The van der Waals surface area contributed by atoms with Crippen LogP contribution in [0.4, 0.5) is 0 Å². The summed E-state index contributed by atoms with van der Waals surface area (Å²) in [6.07, 6.45) is 8.01. The summed E-state index contributed by atoms with van der Waals surface area (Å²) in [6, 6.07) is 0. The highest BCUT2D eigenvalue weighted by Crippen LogP contribution is 2.34. The maximum absolute atomic E-state index is 12.4. The molecule has 1 aliphatic heterocycles. The Labute approximate surface area is 122 Å². The summed E-state index contributed by atoms with van der Waals surface area (Å²) in [7, 11) is 0. The third kappa shape index (κ3) is 3.53. The minimum atomic E-state index is -0.377. The lowest BCUT2D eigenvalue weighted by Gasteiger charge is -2.24. The zero-order chi connectivity index (χ0) is 14.6. The predicted molar refractivity (Wildman–Crippen MR) is 82.6 cm³/mol. The highest BCUT2D eigenvalue weighted by Gasteiger charge is 2.45. The fourth-order valence-corrected chi connectivity index (χ4v) is 3.36. The number of hydrogen-bond donors (Lipinski definition) is 2. The van der Waals surface area contributed by atoms with Crippen molar-refractivity contribution in [2.45, 2.75) is 71.3 Å². The summed E-state index contributed by atoms with van der Waals surface area (Å²) in [5.74, 6) is 2.14. The molecule has 0 aromatic rings. The van der Waals surface area contributed by atoms with Crippen LogP contribution in [0.25, 0.3) is 0 Å². The molecule has 2 aliphatic rings. The van der Waals surface area contributed by atoms with Crippen LogP contribution in [0.1, 0.15) is 65.7 Å². The van der Waals surface area contributed by atoms with E-state index in [2.05, 4.69) is 36.4 Å². The molecule has 2 rings (SSSR count). The molecule has 2 N–H and O–H groups in total. The van der Waals surface area contributed by atoms with Crippen LogP contribution in [0.5, 0.6) is 0 Å². The van der Waals surface area contributed by atoms with E-state index in [4.69, 9.17) is 0 Å². The van der Waals surface area contributed by atoms with Crippen LogP contribution in [0.3, 0.4) is 0 Å². The molecule has 0 radical (unpaired) electrons. The molecule has 0 bridgehead atoms. The van der Waals surface area contributed by atoms with Gasteiger partial charge in [0, 0.05) is 6.54 Å². The number of amides is 1. The molecule has 4 heteroatoms. The number of carbonyl (C=O) groups excluding carboxylic acids is 1. The van der Waals surface area contributed by atoms with Gasteiger partial charge in [-0.2, -0.15) is 0 Å². The van der Waals surface area contributed by atoms with E-state index in [0.29, 0.717) is 11.9 Å². The van der Waals surface area contributed by atoms with Crippen LogP contribution in [-0.2, 0) is 4.79 Å². The average Bonchev–Trinajstić information content (AvgIpc) is 2.57. The van der Waals surface area contributed by atoms with Gasteiger partial charge in [0.15, 0.2) is 5.96 Å². The molecule has 1 saturated heterocycles. The standard InChI is InChI=1S/C16H29N3O/c1-4-6-13-7-5-9-16(10-8-13)14(20)18-15(19-16)17-11-12(2)3/h12-13H,4-11H2,1-3H3,(H2,17,18,19,20). The first-order valence-electron chi connectivity index (χ1n) is 8.20. The van der Waals surface area contributed by atoms with Crippen molar-refractivity contribution in [3.05, 3.63) is 0 Å². The van der Waals surface area contributed by atoms with Gasteiger partial charge in [0.05, 0.1) is 0 Å². The normalized spacial score (nSPS) is 32.5. The first-order valence-corrected chi connectivity index (χ1v) is 8.20. The molecule has 0 aromatic heterocycles. The molecule has 4 nitrogen and oxygen atoms in total. The minimum Gasteiger partial charge on any atom is -0.342 e. The van der Waals surface area contributed by atoms with Gasteiger partial charge in [-0.15, -0.1) is 0 Å². The molecular weight excluding hydrogens is 250 g/mol. The lowest BCUT2D eigenvalue weighted by atomic mass is 9.89. The second-order valence-corrected chi connectivity index (χ2v) is 6.83. The average molecular weight is 279 g/mol. The van der Waals surface area contributed by atoms with Crippen molar-refractivity contribution in [3.8, 4) is 0 Å². The van der Waals surface area contributed by atoms with E-state index < -0.39 is 0 Å². The summed E-state index contributed by atoms with van der Waals surface area (Å²) in [4.78, 5) is 16.9. The van der Waals surface area contributed by atoms with Gasteiger partial charge >= 0.3 is 0 Å². The molecule has 0 aromatic carbocycles. The smallest absolute Gasteiger partial charge is 0.252 e. The zero-order valence-corrected chi connectivity index (χ0v) is 13.2. The van der Waals surface area contributed by atoms with E-state index in [1.165, 1.54) is 19.3 Å². The molecule has 2 atom stereocenters. The summed E-state index contributed by atoms with van der Waals surface area (Å²) >= 11 is 0.